The zero-order valence-electron chi connectivity index (χ0n) is 16.0. The summed E-state index contributed by atoms with van der Waals surface area (Å²) in [6.45, 7) is 13.1. The van der Waals surface area contributed by atoms with Crippen LogP contribution in [-0.4, -0.2) is 66.5 Å². The van der Waals surface area contributed by atoms with E-state index in [0.717, 1.165) is 63.1 Å². The Hall–Kier alpha value is -1.62. The van der Waals surface area contributed by atoms with Gasteiger partial charge in [-0.25, -0.2) is 0 Å². The fraction of sp³-hybridized carbons (Fsp3) is 0.700. The summed E-state index contributed by atoms with van der Waals surface area (Å²) >= 11 is 0. The number of anilines is 1. The Labute approximate surface area is 152 Å². The van der Waals surface area contributed by atoms with Crippen molar-refractivity contribution < 1.29 is 4.79 Å². The summed E-state index contributed by atoms with van der Waals surface area (Å²) < 4.78 is 0. The molecule has 0 N–H and O–H groups in total. The summed E-state index contributed by atoms with van der Waals surface area (Å²) in [7, 11) is 0. The van der Waals surface area contributed by atoms with Crippen LogP contribution in [0.15, 0.2) is 12.1 Å². The minimum Gasteiger partial charge on any atom is -0.368 e. The highest BCUT2D eigenvalue weighted by atomic mass is 16.2. The summed E-state index contributed by atoms with van der Waals surface area (Å²) in [5, 5.41) is 0. The van der Waals surface area contributed by atoms with E-state index >= 15 is 0 Å². The summed E-state index contributed by atoms with van der Waals surface area (Å²) in [4.78, 5) is 23.9. The van der Waals surface area contributed by atoms with Crippen molar-refractivity contribution in [2.24, 2.45) is 5.92 Å². The third kappa shape index (κ3) is 4.94. The number of rotatable bonds is 4. The first-order valence-electron chi connectivity index (χ1n) is 9.71. The molecule has 0 bridgehead atoms. The monoisotopic (exact) mass is 344 g/mol. The maximum Gasteiger partial charge on any atom is 0.223 e. The van der Waals surface area contributed by atoms with E-state index in [-0.39, 0.29) is 0 Å². The molecule has 0 aromatic carbocycles. The van der Waals surface area contributed by atoms with Gasteiger partial charge in [0.15, 0.2) is 0 Å². The summed E-state index contributed by atoms with van der Waals surface area (Å²) in [5.74, 6) is 1.10. The van der Waals surface area contributed by atoms with Crippen molar-refractivity contribution in [2.45, 2.75) is 40.0 Å². The molecule has 138 valence electrons. The number of aryl methyl sites for hydroxylation is 2. The molecule has 5 nitrogen and oxygen atoms in total. The minimum atomic E-state index is 0.319. The van der Waals surface area contributed by atoms with Crippen molar-refractivity contribution in [3.63, 3.8) is 0 Å². The van der Waals surface area contributed by atoms with E-state index in [0.29, 0.717) is 12.3 Å². The van der Waals surface area contributed by atoms with Crippen LogP contribution in [0.5, 0.6) is 0 Å². The molecule has 0 spiro atoms. The van der Waals surface area contributed by atoms with Gasteiger partial charge in [-0.05, 0) is 51.3 Å². The first-order chi connectivity index (χ1) is 12.0. The van der Waals surface area contributed by atoms with Crippen molar-refractivity contribution in [3.05, 3.63) is 23.5 Å². The molecule has 3 heterocycles. The van der Waals surface area contributed by atoms with Gasteiger partial charge in [0, 0.05) is 62.8 Å². The van der Waals surface area contributed by atoms with Gasteiger partial charge in [0.25, 0.3) is 0 Å². The van der Waals surface area contributed by atoms with Crippen molar-refractivity contribution >= 4 is 11.6 Å². The lowest BCUT2D eigenvalue weighted by molar-refractivity contribution is -0.131. The fourth-order valence-corrected chi connectivity index (χ4v) is 4.11. The van der Waals surface area contributed by atoms with Gasteiger partial charge < -0.3 is 14.7 Å². The van der Waals surface area contributed by atoms with Gasteiger partial charge in [-0.15, -0.1) is 0 Å². The maximum absolute atomic E-state index is 12.5. The van der Waals surface area contributed by atoms with Crippen LogP contribution < -0.4 is 4.90 Å². The zero-order valence-corrected chi connectivity index (χ0v) is 16.0. The molecule has 0 radical (unpaired) electrons. The molecule has 1 aromatic rings. The Morgan fingerprint density at radius 3 is 2.44 bits per heavy atom. The number of pyridine rings is 1. The number of amides is 1. The molecule has 1 aromatic heterocycles. The second-order valence-electron chi connectivity index (χ2n) is 7.77. The number of nitrogens with zero attached hydrogens (tertiary/aromatic N) is 4. The lowest BCUT2D eigenvalue weighted by Crippen LogP contribution is -2.49. The normalized spacial score (nSPS) is 22.3. The average Bonchev–Trinajstić information content (AvgIpc) is 2.59. The molecule has 2 saturated heterocycles. The van der Waals surface area contributed by atoms with Gasteiger partial charge in [0.2, 0.25) is 5.91 Å². The first kappa shape index (κ1) is 18.2. The molecule has 0 saturated carbocycles. The van der Waals surface area contributed by atoms with E-state index in [2.05, 4.69) is 33.8 Å². The van der Waals surface area contributed by atoms with Crippen LogP contribution >= 0.6 is 0 Å². The molecule has 2 aliphatic rings. The van der Waals surface area contributed by atoms with Gasteiger partial charge in [-0.3, -0.25) is 9.78 Å². The molecule has 3 rings (SSSR count). The third-order valence-electron chi connectivity index (χ3n) is 5.45. The summed E-state index contributed by atoms with van der Waals surface area (Å²) in [6, 6.07) is 4.28. The number of piperidine rings is 1. The van der Waals surface area contributed by atoms with Gasteiger partial charge >= 0.3 is 0 Å². The van der Waals surface area contributed by atoms with Crippen LogP contribution in [0.1, 0.15) is 37.6 Å². The number of hydrogen-bond donors (Lipinski definition) is 0. The second kappa shape index (κ2) is 8.17. The Morgan fingerprint density at radius 2 is 1.80 bits per heavy atom. The third-order valence-corrected chi connectivity index (χ3v) is 5.45. The highest BCUT2D eigenvalue weighted by Gasteiger charge is 2.23. The van der Waals surface area contributed by atoms with E-state index in [9.17, 15) is 4.79 Å². The SMILES string of the molecule is Cc1cc(N2CCN(C(=O)CCN3CCC[C@@H](C)C3)CC2)cc(C)n1. The fourth-order valence-electron chi connectivity index (χ4n) is 4.11. The van der Waals surface area contributed by atoms with Gasteiger partial charge in [-0.2, -0.15) is 0 Å². The number of hydrogen-bond acceptors (Lipinski definition) is 4. The lowest BCUT2D eigenvalue weighted by atomic mass is 10.0. The molecule has 2 fully saturated rings. The molecule has 1 atom stereocenters. The van der Waals surface area contributed by atoms with Crippen molar-refractivity contribution in [1.29, 1.82) is 0 Å². The van der Waals surface area contributed by atoms with Gasteiger partial charge in [0.1, 0.15) is 0 Å². The Bertz CT molecular complexity index is 575. The predicted molar refractivity (Wildman–Crippen MR) is 102 cm³/mol. The lowest BCUT2D eigenvalue weighted by Gasteiger charge is -2.37. The highest BCUT2D eigenvalue weighted by molar-refractivity contribution is 5.76. The number of aromatic nitrogens is 1. The second-order valence-corrected chi connectivity index (χ2v) is 7.77. The molecule has 0 aliphatic carbocycles. The quantitative estimate of drug-likeness (QED) is 0.841. The predicted octanol–water partition coefficient (Wildman–Crippen LogP) is 2.47. The number of likely N-dealkylation sites (tertiary alicyclic amines) is 1. The van der Waals surface area contributed by atoms with Crippen molar-refractivity contribution in [1.82, 2.24) is 14.8 Å². The van der Waals surface area contributed by atoms with Crippen LogP contribution in [-0.2, 0) is 4.79 Å². The van der Waals surface area contributed by atoms with Crippen LogP contribution in [0.4, 0.5) is 5.69 Å². The summed E-state index contributed by atoms with van der Waals surface area (Å²) in [6.07, 6.45) is 3.28. The van der Waals surface area contributed by atoms with Gasteiger partial charge in [-0.1, -0.05) is 6.92 Å². The smallest absolute Gasteiger partial charge is 0.223 e. The molecule has 5 heteroatoms. The Morgan fingerprint density at radius 1 is 1.12 bits per heavy atom. The van der Waals surface area contributed by atoms with Crippen LogP contribution in [0.25, 0.3) is 0 Å². The molecular formula is C20H32N4O. The van der Waals surface area contributed by atoms with E-state index in [1.165, 1.54) is 18.5 Å². The molecular weight excluding hydrogens is 312 g/mol. The van der Waals surface area contributed by atoms with E-state index in [1.54, 1.807) is 0 Å². The molecule has 0 unspecified atom stereocenters. The van der Waals surface area contributed by atoms with Crippen LogP contribution in [0.3, 0.4) is 0 Å². The number of piperazine rings is 1. The van der Waals surface area contributed by atoms with Gasteiger partial charge in [0.05, 0.1) is 0 Å². The van der Waals surface area contributed by atoms with Crippen molar-refractivity contribution in [3.8, 4) is 0 Å². The standard InChI is InChI=1S/C20H32N4O/c1-16-5-4-7-22(15-16)8-6-20(25)24-11-9-23(10-12-24)19-13-17(2)21-18(3)14-19/h13-14,16H,4-12,15H2,1-3H3/t16-/m1/s1. The van der Waals surface area contributed by atoms with E-state index < -0.39 is 0 Å². The van der Waals surface area contributed by atoms with E-state index in [1.807, 2.05) is 18.7 Å². The largest absolute Gasteiger partial charge is 0.368 e. The Kier molecular flexibility index (Phi) is 5.94. The van der Waals surface area contributed by atoms with Crippen LogP contribution in [0.2, 0.25) is 0 Å². The van der Waals surface area contributed by atoms with Crippen molar-refractivity contribution in [2.75, 3.05) is 50.7 Å². The van der Waals surface area contributed by atoms with Crippen LogP contribution in [0, 0.1) is 19.8 Å². The minimum absolute atomic E-state index is 0.319. The number of carbonyl (C=O) groups is 1. The molecule has 2 aliphatic heterocycles. The average molecular weight is 345 g/mol. The topological polar surface area (TPSA) is 39.7 Å². The first-order valence-corrected chi connectivity index (χ1v) is 9.71. The zero-order chi connectivity index (χ0) is 17.8. The molecule has 25 heavy (non-hydrogen) atoms. The van der Waals surface area contributed by atoms with E-state index in [4.69, 9.17) is 0 Å². The molecule has 1 amide bonds. The Balaban J connectivity index is 1.46. The summed E-state index contributed by atoms with van der Waals surface area (Å²) in [5.41, 5.74) is 3.35. The highest BCUT2D eigenvalue weighted by Crippen LogP contribution is 2.19. The number of carbonyl (C=O) groups excluding carboxylic acids is 1. The maximum atomic E-state index is 12.5.